The second-order valence-electron chi connectivity index (χ2n) is 6.73. The Morgan fingerprint density at radius 3 is 1.86 bits per heavy atom. The summed E-state index contributed by atoms with van der Waals surface area (Å²) in [6, 6.07) is 8.37. The molecule has 0 saturated carbocycles. The Balaban J connectivity index is -0.000000309. The van der Waals surface area contributed by atoms with E-state index in [1.807, 2.05) is 98.0 Å². The van der Waals surface area contributed by atoms with Crippen LogP contribution in [-0.2, 0) is 6.42 Å². The molecule has 0 amide bonds. The monoisotopic (exact) mass is 479 g/mol. The van der Waals surface area contributed by atoms with Crippen LogP contribution >= 0.6 is 0 Å². The van der Waals surface area contributed by atoms with E-state index >= 15 is 0 Å². The van der Waals surface area contributed by atoms with Gasteiger partial charge in [-0.05, 0) is 82.9 Å². The van der Waals surface area contributed by atoms with Crippen molar-refractivity contribution < 1.29 is 0 Å². The first-order valence-corrected chi connectivity index (χ1v) is 12.0. The first-order valence-electron chi connectivity index (χ1n) is 12.0. The molecule has 1 aromatic carbocycles. The maximum absolute atomic E-state index is 4.47. The largest absolute Gasteiger partial charge is 0.355 e. The van der Waals surface area contributed by atoms with Gasteiger partial charge in [0.1, 0.15) is 0 Å². The molecule has 3 nitrogen and oxygen atoms in total. The minimum Gasteiger partial charge on any atom is -0.355 e. The number of rotatable bonds is 8. The first kappa shape index (κ1) is 39.0. The topological polar surface area (TPSA) is 36.8 Å². The highest BCUT2D eigenvalue weighted by Gasteiger charge is 2.00. The van der Waals surface area contributed by atoms with Gasteiger partial charge in [0, 0.05) is 25.1 Å². The Hall–Kier alpha value is -3.20. The van der Waals surface area contributed by atoms with Crippen molar-refractivity contribution in [2.45, 2.75) is 76.2 Å². The van der Waals surface area contributed by atoms with E-state index in [0.29, 0.717) is 0 Å². The van der Waals surface area contributed by atoms with E-state index in [0.717, 1.165) is 34.7 Å². The van der Waals surface area contributed by atoms with E-state index in [9.17, 15) is 0 Å². The average molecular weight is 480 g/mol. The van der Waals surface area contributed by atoms with Crippen LogP contribution in [0.15, 0.2) is 107 Å². The van der Waals surface area contributed by atoms with Gasteiger partial charge in [0.25, 0.3) is 0 Å². The fraction of sp³-hybridized carbons (Fsp3) is 0.375. The van der Waals surface area contributed by atoms with Crippen LogP contribution in [0.2, 0.25) is 0 Å². The van der Waals surface area contributed by atoms with Gasteiger partial charge in [0.05, 0.1) is 11.4 Å². The van der Waals surface area contributed by atoms with Gasteiger partial charge >= 0.3 is 0 Å². The van der Waals surface area contributed by atoms with Crippen LogP contribution in [0.4, 0.5) is 5.69 Å². The van der Waals surface area contributed by atoms with Gasteiger partial charge in [0.2, 0.25) is 0 Å². The van der Waals surface area contributed by atoms with Gasteiger partial charge in [-0.15, -0.1) is 0 Å². The van der Waals surface area contributed by atoms with E-state index in [4.69, 9.17) is 0 Å². The molecule has 0 atom stereocenters. The lowest BCUT2D eigenvalue weighted by molar-refractivity contribution is 1.14. The molecule has 1 aromatic rings. The lowest BCUT2D eigenvalue weighted by atomic mass is 10.1. The summed E-state index contributed by atoms with van der Waals surface area (Å²) < 4.78 is 0. The fourth-order valence-electron chi connectivity index (χ4n) is 2.11. The zero-order valence-corrected chi connectivity index (χ0v) is 23.4. The van der Waals surface area contributed by atoms with Crippen LogP contribution in [0.25, 0.3) is 0 Å². The van der Waals surface area contributed by atoms with Crippen LogP contribution in [0.3, 0.4) is 0 Å². The summed E-state index contributed by atoms with van der Waals surface area (Å²) in [4.78, 5) is 8.19. The van der Waals surface area contributed by atoms with Crippen LogP contribution in [-0.4, -0.2) is 19.0 Å². The van der Waals surface area contributed by atoms with E-state index in [1.54, 1.807) is 13.3 Å². The summed E-state index contributed by atoms with van der Waals surface area (Å²) in [6.07, 6.45) is 16.3. The molecule has 1 N–H and O–H groups in total. The Morgan fingerprint density at radius 2 is 1.51 bits per heavy atom. The third-order valence-corrected chi connectivity index (χ3v) is 4.29. The second kappa shape index (κ2) is 28.8. The number of benzene rings is 1. The molecule has 0 spiro atoms. The van der Waals surface area contributed by atoms with Crippen molar-refractivity contribution in [1.29, 1.82) is 0 Å². The minimum absolute atomic E-state index is 0. The molecule has 35 heavy (non-hydrogen) atoms. The van der Waals surface area contributed by atoms with Crippen molar-refractivity contribution in [3.63, 3.8) is 0 Å². The van der Waals surface area contributed by atoms with E-state index in [2.05, 4.69) is 59.6 Å². The Labute approximate surface area is 218 Å². The van der Waals surface area contributed by atoms with Crippen molar-refractivity contribution in [3.8, 4) is 0 Å². The predicted octanol–water partition coefficient (Wildman–Crippen LogP) is 10.2. The lowest BCUT2D eigenvalue weighted by Crippen LogP contribution is -2.06. The van der Waals surface area contributed by atoms with Crippen molar-refractivity contribution in [2.75, 3.05) is 12.4 Å². The standard InChI is InChI=1S/C20H26N2.C5H9N.C4H8.C2H6.CH4/c1-7-18-10-12-20(13-11-18)22-17(6)16(5)21-14-15(4)19(8-2)9-3;1-3-4-5-6-2;1-3-4-2;1-2;/h8-14,22H,2,6-7H2,1,3-5H3;3-5H,1-2H3;3-4H,1-2H3;1-2H3;1H4/b15-14+,19-9+,21-16?;4-3-,6-5?;4-3-;;. The summed E-state index contributed by atoms with van der Waals surface area (Å²) in [7, 11) is 1.75. The zero-order chi connectivity index (χ0) is 26.8. The molecule has 0 unspecified atom stereocenters. The molecule has 0 bridgehead atoms. The summed E-state index contributed by atoms with van der Waals surface area (Å²) in [5, 5.41) is 3.28. The maximum Gasteiger partial charge on any atom is 0.0601 e. The fourth-order valence-corrected chi connectivity index (χ4v) is 2.11. The molecule has 0 aliphatic heterocycles. The van der Waals surface area contributed by atoms with Gasteiger partial charge in [-0.1, -0.05) is 83.9 Å². The molecule has 0 aromatic heterocycles. The molecule has 0 fully saturated rings. The normalized spacial score (nSPS) is 11.4. The number of nitrogens with one attached hydrogen (secondary N) is 1. The highest BCUT2D eigenvalue weighted by molar-refractivity contribution is 6.00. The van der Waals surface area contributed by atoms with Crippen LogP contribution in [0.1, 0.15) is 75.3 Å². The van der Waals surface area contributed by atoms with Crippen molar-refractivity contribution >= 4 is 17.6 Å². The molecule has 1 rings (SSSR count). The Bertz CT molecular complexity index is 816. The van der Waals surface area contributed by atoms with Crippen LogP contribution in [0.5, 0.6) is 0 Å². The van der Waals surface area contributed by atoms with Crippen LogP contribution in [0, 0.1) is 0 Å². The average Bonchev–Trinajstić information content (AvgIpc) is 2.88. The number of hydrogen-bond donors (Lipinski definition) is 1. The summed E-state index contributed by atoms with van der Waals surface area (Å²) in [5.74, 6) is 0. The minimum atomic E-state index is 0. The van der Waals surface area contributed by atoms with E-state index in [1.165, 1.54) is 5.56 Å². The third kappa shape index (κ3) is 22.4. The van der Waals surface area contributed by atoms with Gasteiger partial charge in [0.15, 0.2) is 0 Å². The van der Waals surface area contributed by atoms with Gasteiger partial charge in [-0.3, -0.25) is 9.98 Å². The van der Waals surface area contributed by atoms with Crippen molar-refractivity contribution in [2.24, 2.45) is 9.98 Å². The molecule has 0 radical (unpaired) electrons. The number of aliphatic imine (C=N–C) groups is 2. The van der Waals surface area contributed by atoms with Gasteiger partial charge in [-0.25, -0.2) is 0 Å². The highest BCUT2D eigenvalue weighted by atomic mass is 14.9. The molecule has 0 saturated heterocycles. The first-order chi connectivity index (χ1) is 16.3. The zero-order valence-electron chi connectivity index (χ0n) is 23.4. The molecule has 196 valence electrons. The molecular weight excluding hydrogens is 426 g/mol. The quantitative estimate of drug-likeness (QED) is 0.225. The number of hydrogen-bond acceptors (Lipinski definition) is 3. The van der Waals surface area contributed by atoms with Crippen molar-refractivity contribution in [1.82, 2.24) is 0 Å². The molecule has 0 aliphatic rings. The number of nitrogens with zero attached hydrogens (tertiary/aromatic N) is 2. The van der Waals surface area contributed by atoms with Gasteiger partial charge in [-0.2, -0.15) is 0 Å². The predicted molar refractivity (Wildman–Crippen MR) is 167 cm³/mol. The molecule has 3 heteroatoms. The maximum atomic E-state index is 4.47. The summed E-state index contributed by atoms with van der Waals surface area (Å²) >= 11 is 0. The van der Waals surface area contributed by atoms with E-state index < -0.39 is 0 Å². The smallest absolute Gasteiger partial charge is 0.0601 e. The van der Waals surface area contributed by atoms with Crippen LogP contribution < -0.4 is 5.32 Å². The SMILES string of the molecule is C.C/C=C\C.C/C=C\C=NC.C=CC(=C\C)/C(C)=C/N=C(C)C(=C)Nc1ccc(CC)cc1.CC. The lowest BCUT2D eigenvalue weighted by Gasteiger charge is -2.09. The Kier molecular flexibility index (Phi) is 32.2. The molecular formula is C32H53N3. The Morgan fingerprint density at radius 1 is 0.971 bits per heavy atom. The second-order valence-corrected chi connectivity index (χ2v) is 6.73. The van der Waals surface area contributed by atoms with Gasteiger partial charge < -0.3 is 5.32 Å². The summed E-state index contributed by atoms with van der Waals surface area (Å²) in [5.41, 5.74) is 6.18. The number of aryl methyl sites for hydroxylation is 1. The van der Waals surface area contributed by atoms with E-state index in [-0.39, 0.29) is 7.43 Å². The molecule has 0 aliphatic carbocycles. The number of allylic oxidation sites excluding steroid dienone is 9. The van der Waals surface area contributed by atoms with Crippen molar-refractivity contribution in [3.05, 3.63) is 102 Å². The number of anilines is 1. The molecule has 0 heterocycles. The third-order valence-electron chi connectivity index (χ3n) is 4.29. The summed E-state index contributed by atoms with van der Waals surface area (Å²) in [6.45, 7) is 25.9. The highest BCUT2D eigenvalue weighted by Crippen LogP contribution is 2.14.